The summed E-state index contributed by atoms with van der Waals surface area (Å²) in [6.45, 7) is 3.60. The number of ether oxygens (including phenoxy) is 1. The van der Waals surface area contributed by atoms with Crippen molar-refractivity contribution in [1.82, 2.24) is 0 Å². The van der Waals surface area contributed by atoms with E-state index < -0.39 is 4.92 Å². The van der Waals surface area contributed by atoms with Gasteiger partial charge in [-0.2, -0.15) is 0 Å². The van der Waals surface area contributed by atoms with Gasteiger partial charge >= 0.3 is 5.69 Å². The Hall–Kier alpha value is -2.28. The first-order valence-corrected chi connectivity index (χ1v) is 4.64. The second kappa shape index (κ2) is 5.56. The molecule has 0 aliphatic heterocycles. The lowest BCUT2D eigenvalue weighted by Gasteiger charge is -2.08. The highest BCUT2D eigenvalue weighted by Gasteiger charge is 2.17. The lowest BCUT2D eigenvalue weighted by molar-refractivity contribution is -0.385. The molecule has 0 aromatic heterocycles. The van der Waals surface area contributed by atoms with Gasteiger partial charge in [0.15, 0.2) is 0 Å². The maximum absolute atomic E-state index is 10.8. The fraction of sp³-hybridized carbons (Fsp3) is 0.167. The van der Waals surface area contributed by atoms with Crippen molar-refractivity contribution in [3.05, 3.63) is 46.5 Å². The first-order valence-electron chi connectivity index (χ1n) is 4.64. The van der Waals surface area contributed by atoms with Crippen molar-refractivity contribution >= 4 is 5.69 Å². The molecule has 4 nitrogen and oxygen atoms in total. The number of nitro benzene ring substituents is 1. The van der Waals surface area contributed by atoms with Crippen molar-refractivity contribution in [2.45, 2.75) is 6.42 Å². The third kappa shape index (κ3) is 2.61. The summed E-state index contributed by atoms with van der Waals surface area (Å²) in [6, 6.07) is 4.75. The monoisotopic (exact) mass is 217 g/mol. The number of nitrogens with zero attached hydrogens (tertiary/aromatic N) is 1. The summed E-state index contributed by atoms with van der Waals surface area (Å²) in [5.74, 6) is 2.51. The minimum absolute atomic E-state index is 0.00892. The Morgan fingerprint density at radius 2 is 2.38 bits per heavy atom. The second-order valence-corrected chi connectivity index (χ2v) is 3.01. The zero-order valence-corrected chi connectivity index (χ0v) is 8.68. The van der Waals surface area contributed by atoms with Gasteiger partial charge < -0.3 is 4.74 Å². The Kier molecular flexibility index (Phi) is 4.10. The summed E-state index contributed by atoms with van der Waals surface area (Å²) in [5.41, 5.74) is 0.633. The average molecular weight is 217 g/mol. The minimum Gasteiger partial charge on any atom is -0.474 e. The predicted octanol–water partition coefficient (Wildman–Crippen LogP) is 2.34. The van der Waals surface area contributed by atoms with E-state index in [0.29, 0.717) is 12.0 Å². The highest BCUT2D eigenvalue weighted by atomic mass is 16.6. The molecule has 0 saturated carbocycles. The number of nitro groups is 1. The van der Waals surface area contributed by atoms with Crippen LogP contribution in [0, 0.1) is 22.5 Å². The normalized spacial score (nSPS) is 9.19. The topological polar surface area (TPSA) is 52.4 Å². The van der Waals surface area contributed by atoms with Gasteiger partial charge in [0.25, 0.3) is 0 Å². The Labute approximate surface area is 93.7 Å². The molecule has 1 aromatic rings. The molecule has 0 radical (unpaired) electrons. The van der Waals surface area contributed by atoms with Gasteiger partial charge in [0.2, 0.25) is 5.75 Å². The molecular weight excluding hydrogens is 206 g/mol. The van der Waals surface area contributed by atoms with Crippen LogP contribution in [-0.4, -0.2) is 11.5 Å². The number of para-hydroxylation sites is 1. The maximum atomic E-state index is 10.8. The van der Waals surface area contributed by atoms with E-state index in [1.165, 1.54) is 6.07 Å². The molecule has 0 aliphatic carbocycles. The van der Waals surface area contributed by atoms with Crippen LogP contribution in [0.4, 0.5) is 5.69 Å². The molecule has 0 unspecified atom stereocenters. The van der Waals surface area contributed by atoms with Crippen LogP contribution in [0.2, 0.25) is 0 Å². The minimum atomic E-state index is -0.488. The number of terminal acetylenes is 1. The lowest BCUT2D eigenvalue weighted by atomic mass is 10.1. The molecule has 0 bridgehead atoms. The molecule has 82 valence electrons. The van der Waals surface area contributed by atoms with Crippen molar-refractivity contribution in [3.8, 4) is 18.1 Å². The van der Waals surface area contributed by atoms with Crippen LogP contribution >= 0.6 is 0 Å². The molecule has 16 heavy (non-hydrogen) atoms. The summed E-state index contributed by atoms with van der Waals surface area (Å²) in [5, 5.41) is 10.8. The summed E-state index contributed by atoms with van der Waals surface area (Å²) in [6.07, 6.45) is 7.22. The van der Waals surface area contributed by atoms with E-state index >= 15 is 0 Å². The quantitative estimate of drug-likeness (QED) is 0.329. The highest BCUT2D eigenvalue weighted by Crippen LogP contribution is 2.31. The lowest BCUT2D eigenvalue weighted by Crippen LogP contribution is -2.01. The Balaban J connectivity index is 3.18. The molecule has 0 amide bonds. The van der Waals surface area contributed by atoms with E-state index in [2.05, 4.69) is 12.5 Å². The molecular formula is C12H11NO3. The zero-order valence-electron chi connectivity index (χ0n) is 8.68. The number of allylic oxidation sites excluding steroid dienone is 1. The first-order chi connectivity index (χ1) is 7.70. The molecule has 0 N–H and O–H groups in total. The van der Waals surface area contributed by atoms with Crippen LogP contribution < -0.4 is 4.74 Å². The van der Waals surface area contributed by atoms with Crippen LogP contribution in [0.5, 0.6) is 5.75 Å². The predicted molar refractivity (Wildman–Crippen MR) is 61.3 cm³/mol. The van der Waals surface area contributed by atoms with Gasteiger partial charge in [-0.15, -0.1) is 13.0 Å². The third-order valence-electron chi connectivity index (χ3n) is 1.94. The van der Waals surface area contributed by atoms with Gasteiger partial charge in [0.1, 0.15) is 6.61 Å². The van der Waals surface area contributed by atoms with Crippen molar-refractivity contribution in [2.24, 2.45) is 0 Å². The average Bonchev–Trinajstić information content (AvgIpc) is 2.27. The van der Waals surface area contributed by atoms with E-state index in [9.17, 15) is 10.1 Å². The van der Waals surface area contributed by atoms with Crippen LogP contribution in [0.3, 0.4) is 0 Å². The van der Waals surface area contributed by atoms with Crippen LogP contribution in [-0.2, 0) is 6.42 Å². The highest BCUT2D eigenvalue weighted by molar-refractivity contribution is 5.52. The van der Waals surface area contributed by atoms with Gasteiger partial charge in [-0.25, -0.2) is 0 Å². The summed E-state index contributed by atoms with van der Waals surface area (Å²) < 4.78 is 5.21. The third-order valence-corrected chi connectivity index (χ3v) is 1.94. The molecule has 1 rings (SSSR count). The maximum Gasteiger partial charge on any atom is 0.311 e. The van der Waals surface area contributed by atoms with Crippen molar-refractivity contribution in [1.29, 1.82) is 0 Å². The van der Waals surface area contributed by atoms with Gasteiger partial charge in [0.05, 0.1) is 4.92 Å². The fourth-order valence-corrected chi connectivity index (χ4v) is 1.31. The van der Waals surface area contributed by atoms with Gasteiger partial charge in [-0.05, 0) is 6.42 Å². The fourth-order valence-electron chi connectivity index (χ4n) is 1.31. The van der Waals surface area contributed by atoms with Crippen LogP contribution in [0.15, 0.2) is 30.9 Å². The zero-order chi connectivity index (χ0) is 12.0. The van der Waals surface area contributed by atoms with E-state index in [4.69, 9.17) is 11.2 Å². The van der Waals surface area contributed by atoms with Crippen LogP contribution in [0.1, 0.15) is 5.56 Å². The van der Waals surface area contributed by atoms with Gasteiger partial charge in [-0.1, -0.05) is 24.1 Å². The summed E-state index contributed by atoms with van der Waals surface area (Å²) >= 11 is 0. The van der Waals surface area contributed by atoms with E-state index in [1.54, 1.807) is 18.2 Å². The number of hydrogen-bond acceptors (Lipinski definition) is 3. The Morgan fingerprint density at radius 3 is 2.94 bits per heavy atom. The molecule has 0 fully saturated rings. The molecule has 0 spiro atoms. The first kappa shape index (κ1) is 11.8. The molecule has 0 heterocycles. The number of hydrogen-bond donors (Lipinski definition) is 0. The largest absolute Gasteiger partial charge is 0.474 e. The van der Waals surface area contributed by atoms with Crippen molar-refractivity contribution < 1.29 is 9.66 Å². The SMILES string of the molecule is C#CCOc1c(CC=C)cccc1[N+](=O)[O-]. The van der Waals surface area contributed by atoms with Gasteiger partial charge in [-0.3, -0.25) is 10.1 Å². The van der Waals surface area contributed by atoms with Crippen LogP contribution in [0.25, 0.3) is 0 Å². The summed E-state index contributed by atoms with van der Waals surface area (Å²) in [4.78, 5) is 10.3. The van der Waals surface area contributed by atoms with E-state index in [1.807, 2.05) is 0 Å². The molecule has 4 heteroatoms. The van der Waals surface area contributed by atoms with Crippen molar-refractivity contribution in [2.75, 3.05) is 6.61 Å². The molecule has 0 atom stereocenters. The van der Waals surface area contributed by atoms with E-state index in [0.717, 1.165) is 0 Å². The second-order valence-electron chi connectivity index (χ2n) is 3.01. The molecule has 0 saturated heterocycles. The van der Waals surface area contributed by atoms with E-state index in [-0.39, 0.29) is 18.0 Å². The molecule has 0 aliphatic rings. The number of benzene rings is 1. The smallest absolute Gasteiger partial charge is 0.311 e. The Bertz CT molecular complexity index is 446. The standard InChI is InChI=1S/C12H11NO3/c1-3-6-10-7-5-8-11(13(14)15)12(10)16-9-4-2/h2-3,5,7-8H,1,6,9H2. The summed E-state index contributed by atoms with van der Waals surface area (Å²) in [7, 11) is 0. The van der Waals surface area contributed by atoms with Crippen molar-refractivity contribution in [3.63, 3.8) is 0 Å². The number of rotatable bonds is 5. The Morgan fingerprint density at radius 1 is 1.62 bits per heavy atom. The molecule has 1 aromatic carbocycles. The van der Waals surface area contributed by atoms with Gasteiger partial charge in [0, 0.05) is 11.6 Å².